The van der Waals surface area contributed by atoms with Crippen LogP contribution in [-0.4, -0.2) is 16.6 Å². The molecule has 0 amide bonds. The van der Waals surface area contributed by atoms with Crippen LogP contribution < -0.4 is 10.5 Å². The number of ether oxygens (including phenoxy) is 1. The van der Waals surface area contributed by atoms with Crippen molar-refractivity contribution in [1.29, 1.82) is 0 Å². The zero-order chi connectivity index (χ0) is 12.3. The molecule has 2 rings (SSSR count). The summed E-state index contributed by atoms with van der Waals surface area (Å²) in [5.74, 6) is -0.142. The van der Waals surface area contributed by atoms with E-state index in [-0.39, 0.29) is 5.75 Å². The van der Waals surface area contributed by atoms with Crippen molar-refractivity contribution in [2.45, 2.75) is 13.5 Å². The third-order valence-electron chi connectivity index (χ3n) is 2.43. The molecule has 2 aromatic rings. The third kappa shape index (κ3) is 2.29. The van der Waals surface area contributed by atoms with Crippen LogP contribution in [0.3, 0.4) is 0 Å². The summed E-state index contributed by atoms with van der Waals surface area (Å²) in [5.41, 5.74) is 7.71. The molecule has 5 heteroatoms. The molecule has 3 N–H and O–H groups in total. The van der Waals surface area contributed by atoms with Crippen LogP contribution in [0.15, 0.2) is 24.5 Å². The predicted octanol–water partition coefficient (Wildman–Crippen LogP) is 2.07. The minimum Gasteiger partial charge on any atom is -0.491 e. The van der Waals surface area contributed by atoms with Gasteiger partial charge in [0.05, 0.1) is 24.3 Å². The van der Waals surface area contributed by atoms with Gasteiger partial charge in [0, 0.05) is 12.1 Å². The molecule has 0 aliphatic carbocycles. The average Bonchev–Trinajstić information content (AvgIpc) is 2.80. The number of hydrogen-bond donors (Lipinski definition) is 2. The van der Waals surface area contributed by atoms with E-state index in [1.807, 2.05) is 6.92 Å². The second kappa shape index (κ2) is 4.97. The molecule has 0 saturated carbocycles. The topological polar surface area (TPSA) is 63.9 Å². The fourth-order valence-electron chi connectivity index (χ4n) is 1.65. The van der Waals surface area contributed by atoms with E-state index in [1.165, 1.54) is 6.07 Å². The maximum Gasteiger partial charge on any atom is 0.165 e. The minimum absolute atomic E-state index is 0.251. The van der Waals surface area contributed by atoms with Gasteiger partial charge in [0.2, 0.25) is 0 Å². The van der Waals surface area contributed by atoms with Crippen LogP contribution in [0, 0.1) is 5.82 Å². The van der Waals surface area contributed by atoms with E-state index in [0.717, 1.165) is 5.69 Å². The summed E-state index contributed by atoms with van der Waals surface area (Å²) in [5, 5.41) is 0. The van der Waals surface area contributed by atoms with Crippen molar-refractivity contribution < 1.29 is 9.13 Å². The van der Waals surface area contributed by atoms with Crippen LogP contribution in [-0.2, 0) is 6.54 Å². The van der Waals surface area contributed by atoms with E-state index in [2.05, 4.69) is 9.97 Å². The van der Waals surface area contributed by atoms with Gasteiger partial charge in [0.25, 0.3) is 0 Å². The fourth-order valence-corrected chi connectivity index (χ4v) is 1.65. The summed E-state index contributed by atoms with van der Waals surface area (Å²) in [7, 11) is 0. The molecule has 90 valence electrons. The van der Waals surface area contributed by atoms with Crippen LogP contribution in [0.5, 0.6) is 5.75 Å². The number of halogens is 1. The molecular weight excluding hydrogens is 221 g/mol. The number of H-pyrrole nitrogens is 1. The van der Waals surface area contributed by atoms with Crippen LogP contribution in [0.4, 0.5) is 4.39 Å². The van der Waals surface area contributed by atoms with Crippen molar-refractivity contribution in [3.63, 3.8) is 0 Å². The molecule has 0 radical (unpaired) electrons. The van der Waals surface area contributed by atoms with Crippen molar-refractivity contribution >= 4 is 0 Å². The Morgan fingerprint density at radius 3 is 2.94 bits per heavy atom. The van der Waals surface area contributed by atoms with Gasteiger partial charge in [-0.15, -0.1) is 0 Å². The quantitative estimate of drug-likeness (QED) is 0.852. The maximum atomic E-state index is 13.7. The zero-order valence-corrected chi connectivity index (χ0v) is 9.53. The summed E-state index contributed by atoms with van der Waals surface area (Å²) < 4.78 is 18.8. The van der Waals surface area contributed by atoms with Crippen LogP contribution in [0.2, 0.25) is 0 Å². The molecule has 0 bridgehead atoms. The Kier molecular flexibility index (Phi) is 3.39. The summed E-state index contributed by atoms with van der Waals surface area (Å²) in [6.07, 6.45) is 1.55. The lowest BCUT2D eigenvalue weighted by atomic mass is 10.1. The number of hydrogen-bond acceptors (Lipinski definition) is 3. The minimum atomic E-state index is -0.393. The lowest BCUT2D eigenvalue weighted by Gasteiger charge is -2.06. The van der Waals surface area contributed by atoms with Gasteiger partial charge in [-0.25, -0.2) is 9.37 Å². The smallest absolute Gasteiger partial charge is 0.165 e. The normalized spacial score (nSPS) is 10.5. The van der Waals surface area contributed by atoms with Crippen molar-refractivity contribution in [2.24, 2.45) is 5.73 Å². The molecular formula is C12H14FN3O. The summed E-state index contributed by atoms with van der Waals surface area (Å²) in [4.78, 5) is 7.05. The molecule has 0 saturated heterocycles. The molecule has 0 spiro atoms. The second-order valence-corrected chi connectivity index (χ2v) is 3.51. The van der Waals surface area contributed by atoms with Crippen molar-refractivity contribution in [2.75, 3.05) is 6.61 Å². The molecule has 1 aromatic carbocycles. The highest BCUT2D eigenvalue weighted by Gasteiger charge is 2.10. The number of imidazole rings is 1. The van der Waals surface area contributed by atoms with E-state index >= 15 is 0 Å². The van der Waals surface area contributed by atoms with Crippen molar-refractivity contribution in [1.82, 2.24) is 9.97 Å². The number of aromatic amines is 1. The molecule has 1 aromatic heterocycles. The number of rotatable bonds is 4. The van der Waals surface area contributed by atoms with E-state index in [9.17, 15) is 4.39 Å². The zero-order valence-electron chi connectivity index (χ0n) is 9.53. The second-order valence-electron chi connectivity index (χ2n) is 3.51. The highest BCUT2D eigenvalue weighted by atomic mass is 19.1. The Bertz CT molecular complexity index is 510. The lowest BCUT2D eigenvalue weighted by Crippen LogP contribution is -1.99. The number of benzene rings is 1. The van der Waals surface area contributed by atoms with Gasteiger partial charge in [0.1, 0.15) is 0 Å². The summed E-state index contributed by atoms with van der Waals surface area (Å²) >= 11 is 0. The molecule has 0 unspecified atom stereocenters. The Morgan fingerprint density at radius 2 is 2.29 bits per heavy atom. The number of nitrogens with two attached hydrogens (primary N) is 1. The van der Waals surface area contributed by atoms with Gasteiger partial charge < -0.3 is 15.5 Å². The van der Waals surface area contributed by atoms with E-state index in [0.29, 0.717) is 24.4 Å². The Balaban J connectivity index is 2.37. The van der Waals surface area contributed by atoms with Crippen LogP contribution in [0.25, 0.3) is 11.3 Å². The largest absolute Gasteiger partial charge is 0.491 e. The predicted molar refractivity (Wildman–Crippen MR) is 63.0 cm³/mol. The van der Waals surface area contributed by atoms with E-state index in [1.54, 1.807) is 18.5 Å². The van der Waals surface area contributed by atoms with E-state index in [4.69, 9.17) is 10.5 Å². The molecule has 17 heavy (non-hydrogen) atoms. The molecule has 0 fully saturated rings. The molecule has 0 aliphatic heterocycles. The highest BCUT2D eigenvalue weighted by molar-refractivity contribution is 5.62. The van der Waals surface area contributed by atoms with Gasteiger partial charge in [0.15, 0.2) is 11.6 Å². The number of aromatic nitrogens is 2. The average molecular weight is 235 g/mol. The molecule has 0 atom stereocenters. The monoisotopic (exact) mass is 235 g/mol. The van der Waals surface area contributed by atoms with Crippen molar-refractivity contribution in [3.8, 4) is 17.0 Å². The van der Waals surface area contributed by atoms with Gasteiger partial charge >= 0.3 is 0 Å². The molecule has 1 heterocycles. The summed E-state index contributed by atoms with van der Waals surface area (Å²) in [6.45, 7) is 2.59. The molecule has 4 nitrogen and oxygen atoms in total. The van der Waals surface area contributed by atoms with E-state index < -0.39 is 5.82 Å². The Morgan fingerprint density at radius 1 is 1.47 bits per heavy atom. The van der Waals surface area contributed by atoms with Crippen molar-refractivity contribution in [3.05, 3.63) is 36.0 Å². The van der Waals surface area contributed by atoms with Crippen LogP contribution >= 0.6 is 0 Å². The van der Waals surface area contributed by atoms with Gasteiger partial charge in [-0.05, 0) is 25.1 Å². The molecule has 0 aliphatic rings. The first-order valence-electron chi connectivity index (χ1n) is 5.41. The first kappa shape index (κ1) is 11.6. The van der Waals surface area contributed by atoms with Gasteiger partial charge in [-0.3, -0.25) is 0 Å². The summed E-state index contributed by atoms with van der Waals surface area (Å²) in [6, 6.07) is 4.77. The fraction of sp³-hybridized carbons (Fsp3) is 0.250. The Hall–Kier alpha value is -1.88. The third-order valence-corrected chi connectivity index (χ3v) is 2.43. The SMILES string of the molecule is CCOc1ccc(-c2nc[nH]c2CN)cc1F. The first-order valence-corrected chi connectivity index (χ1v) is 5.41. The maximum absolute atomic E-state index is 13.7. The lowest BCUT2D eigenvalue weighted by molar-refractivity contribution is 0.321. The van der Waals surface area contributed by atoms with Gasteiger partial charge in [-0.2, -0.15) is 0 Å². The van der Waals surface area contributed by atoms with Gasteiger partial charge in [-0.1, -0.05) is 0 Å². The number of nitrogens with one attached hydrogen (secondary N) is 1. The van der Waals surface area contributed by atoms with Crippen LogP contribution in [0.1, 0.15) is 12.6 Å². The Labute approximate surface area is 98.6 Å². The highest BCUT2D eigenvalue weighted by Crippen LogP contribution is 2.26. The number of nitrogens with zero attached hydrogens (tertiary/aromatic N) is 1. The standard InChI is InChI=1S/C12H14FN3O/c1-2-17-11-4-3-8(5-9(11)13)12-10(6-14)15-7-16-12/h3-5,7H,2,6,14H2,1H3,(H,15,16). The first-order chi connectivity index (χ1) is 8.26.